The number of aryl methyl sites for hydroxylation is 1. The smallest absolute Gasteiger partial charge is 0.254 e. The topological polar surface area (TPSA) is 66.5 Å². The van der Waals surface area contributed by atoms with E-state index in [4.69, 9.17) is 0 Å². The van der Waals surface area contributed by atoms with Crippen LogP contribution in [0, 0.1) is 13.8 Å². The number of nitrogens with zero attached hydrogens (tertiary/aromatic N) is 1. The summed E-state index contributed by atoms with van der Waals surface area (Å²) in [5.41, 5.74) is 1.90. The first-order valence-electron chi connectivity index (χ1n) is 8.21. The maximum atomic E-state index is 13.1. The molecule has 0 spiro atoms. The molecule has 1 aromatic heterocycles. The van der Waals surface area contributed by atoms with Crippen molar-refractivity contribution in [1.29, 1.82) is 0 Å². The highest BCUT2D eigenvalue weighted by molar-refractivity contribution is 7.89. The Labute approximate surface area is 152 Å². The Balaban J connectivity index is 1.98. The van der Waals surface area contributed by atoms with Gasteiger partial charge < -0.3 is 4.90 Å². The zero-order valence-corrected chi connectivity index (χ0v) is 16.2. The van der Waals surface area contributed by atoms with E-state index in [0.717, 1.165) is 23.3 Å². The fourth-order valence-corrected chi connectivity index (χ4v) is 4.60. The van der Waals surface area contributed by atoms with Crippen molar-refractivity contribution >= 4 is 27.3 Å². The molecule has 134 valence electrons. The minimum Gasteiger partial charge on any atom is -0.331 e. The lowest BCUT2D eigenvalue weighted by molar-refractivity contribution is 0.0731. The number of amides is 1. The second-order valence-electron chi connectivity index (χ2n) is 6.37. The van der Waals surface area contributed by atoms with Gasteiger partial charge in [-0.15, -0.1) is 11.3 Å². The Hall–Kier alpha value is -1.70. The van der Waals surface area contributed by atoms with E-state index in [2.05, 4.69) is 4.72 Å². The predicted octanol–water partition coefficient (Wildman–Crippen LogP) is 3.08. The summed E-state index contributed by atoms with van der Waals surface area (Å²) in [4.78, 5) is 16.3. The summed E-state index contributed by atoms with van der Waals surface area (Å²) in [6.45, 7) is 4.17. The van der Waals surface area contributed by atoms with Crippen LogP contribution in [0.2, 0.25) is 0 Å². The molecule has 1 saturated carbocycles. The predicted molar refractivity (Wildman–Crippen MR) is 99.4 cm³/mol. The van der Waals surface area contributed by atoms with Gasteiger partial charge in [-0.2, -0.15) is 0 Å². The summed E-state index contributed by atoms with van der Waals surface area (Å²) in [5, 5.41) is 2.00. The van der Waals surface area contributed by atoms with Gasteiger partial charge in [0.15, 0.2) is 0 Å². The molecule has 0 atom stereocenters. The van der Waals surface area contributed by atoms with Crippen molar-refractivity contribution in [3.63, 3.8) is 0 Å². The van der Waals surface area contributed by atoms with Crippen molar-refractivity contribution in [2.24, 2.45) is 0 Å². The summed E-state index contributed by atoms with van der Waals surface area (Å²) in [5.74, 6) is -0.105. The van der Waals surface area contributed by atoms with Gasteiger partial charge in [-0.3, -0.25) is 4.79 Å². The number of thiophene rings is 1. The van der Waals surface area contributed by atoms with Crippen molar-refractivity contribution in [3.8, 4) is 0 Å². The van der Waals surface area contributed by atoms with Crippen LogP contribution in [0.5, 0.6) is 0 Å². The van der Waals surface area contributed by atoms with Gasteiger partial charge in [0, 0.05) is 16.5 Å². The summed E-state index contributed by atoms with van der Waals surface area (Å²) in [6.07, 6.45) is 2.01. The molecule has 0 unspecified atom stereocenters. The number of rotatable bonds is 6. The summed E-state index contributed by atoms with van der Waals surface area (Å²) >= 11 is 1.63. The van der Waals surface area contributed by atoms with Crippen molar-refractivity contribution in [1.82, 2.24) is 9.62 Å². The van der Waals surface area contributed by atoms with Crippen molar-refractivity contribution < 1.29 is 13.2 Å². The van der Waals surface area contributed by atoms with Gasteiger partial charge in [-0.25, -0.2) is 13.1 Å². The molecule has 3 rings (SSSR count). The van der Waals surface area contributed by atoms with Crippen LogP contribution in [0.1, 0.15) is 39.2 Å². The van der Waals surface area contributed by atoms with E-state index in [9.17, 15) is 13.2 Å². The number of carbonyl (C=O) groups is 1. The molecule has 25 heavy (non-hydrogen) atoms. The van der Waals surface area contributed by atoms with Crippen LogP contribution in [0.15, 0.2) is 34.5 Å². The average Bonchev–Trinajstić information content (AvgIpc) is 3.30. The highest BCUT2D eigenvalue weighted by Crippen LogP contribution is 2.31. The molecule has 1 aliphatic rings. The number of hydrogen-bond acceptors (Lipinski definition) is 4. The Bertz CT molecular complexity index is 885. The van der Waals surface area contributed by atoms with Crippen molar-refractivity contribution in [3.05, 3.63) is 51.2 Å². The molecule has 0 bridgehead atoms. The van der Waals surface area contributed by atoms with Crippen molar-refractivity contribution in [2.45, 2.75) is 44.2 Å². The number of benzene rings is 1. The minimum atomic E-state index is -3.61. The zero-order chi connectivity index (χ0) is 18.2. The normalized spacial score (nSPS) is 14.5. The van der Waals surface area contributed by atoms with Crippen LogP contribution in [0.3, 0.4) is 0 Å². The number of nitrogens with one attached hydrogen (secondary N) is 1. The largest absolute Gasteiger partial charge is 0.331 e. The molecule has 0 saturated heterocycles. The second-order valence-corrected chi connectivity index (χ2v) is 9.25. The van der Waals surface area contributed by atoms with Gasteiger partial charge in [0.2, 0.25) is 10.0 Å². The SMILES string of the molecule is CNS(=O)(=O)c1cc(C(=O)N(Cc2cccs2)C2CC2)cc(C)c1C. The third kappa shape index (κ3) is 3.78. The second kappa shape index (κ2) is 6.90. The lowest BCUT2D eigenvalue weighted by atomic mass is 10.1. The fraction of sp³-hybridized carbons (Fsp3) is 0.389. The van der Waals surface area contributed by atoms with Crippen LogP contribution >= 0.6 is 11.3 Å². The zero-order valence-electron chi connectivity index (χ0n) is 14.6. The molecule has 2 aromatic rings. The lowest BCUT2D eigenvalue weighted by Crippen LogP contribution is -2.32. The molecule has 0 radical (unpaired) electrons. The van der Waals surface area contributed by atoms with Crippen LogP contribution in [0.4, 0.5) is 0 Å². The molecular weight excluding hydrogens is 356 g/mol. The lowest BCUT2D eigenvalue weighted by Gasteiger charge is -2.23. The third-order valence-corrected chi connectivity index (χ3v) is 6.98. The first-order valence-corrected chi connectivity index (χ1v) is 10.6. The summed E-state index contributed by atoms with van der Waals surface area (Å²) < 4.78 is 26.9. The van der Waals surface area contributed by atoms with E-state index >= 15 is 0 Å². The molecule has 7 heteroatoms. The Morgan fingerprint density at radius 2 is 2.04 bits per heavy atom. The Morgan fingerprint density at radius 3 is 2.60 bits per heavy atom. The van der Waals surface area contributed by atoms with Gasteiger partial charge in [0.1, 0.15) is 0 Å². The van der Waals surface area contributed by atoms with E-state index in [0.29, 0.717) is 17.7 Å². The van der Waals surface area contributed by atoms with Crippen molar-refractivity contribution in [2.75, 3.05) is 7.05 Å². The van der Waals surface area contributed by atoms with Crippen LogP contribution in [0.25, 0.3) is 0 Å². The summed E-state index contributed by atoms with van der Waals surface area (Å²) in [6, 6.07) is 7.53. The molecule has 1 aliphatic carbocycles. The standard InChI is InChI=1S/C18H22N2O3S2/c1-12-9-14(10-17(13(12)2)25(22,23)19-3)18(21)20(15-6-7-15)11-16-5-4-8-24-16/h4-5,8-10,15,19H,6-7,11H2,1-3H3. The maximum Gasteiger partial charge on any atom is 0.254 e. The average molecular weight is 379 g/mol. The monoisotopic (exact) mass is 378 g/mol. The van der Waals surface area contributed by atoms with E-state index in [1.54, 1.807) is 24.3 Å². The quantitative estimate of drug-likeness (QED) is 0.840. The minimum absolute atomic E-state index is 0.105. The van der Waals surface area contributed by atoms with E-state index in [-0.39, 0.29) is 16.8 Å². The molecule has 1 aromatic carbocycles. The molecule has 1 amide bonds. The van der Waals surface area contributed by atoms with Gasteiger partial charge >= 0.3 is 0 Å². The van der Waals surface area contributed by atoms with Gasteiger partial charge in [0.05, 0.1) is 11.4 Å². The fourth-order valence-electron chi connectivity index (χ4n) is 2.83. The van der Waals surface area contributed by atoms with E-state index < -0.39 is 10.0 Å². The van der Waals surface area contributed by atoms with Crippen LogP contribution < -0.4 is 4.72 Å². The number of carbonyl (C=O) groups excluding carboxylic acids is 1. The molecule has 1 fully saturated rings. The first kappa shape index (κ1) is 18.1. The molecule has 5 nitrogen and oxygen atoms in total. The van der Waals surface area contributed by atoms with Gasteiger partial charge in [-0.1, -0.05) is 6.07 Å². The molecule has 1 N–H and O–H groups in total. The molecule has 0 aliphatic heterocycles. The Kier molecular flexibility index (Phi) is 4.99. The van der Waals surface area contributed by atoms with Gasteiger partial charge in [0.25, 0.3) is 5.91 Å². The highest BCUT2D eigenvalue weighted by atomic mass is 32.2. The van der Waals surface area contributed by atoms with Crippen LogP contribution in [-0.4, -0.2) is 32.3 Å². The van der Waals surface area contributed by atoms with Crippen LogP contribution in [-0.2, 0) is 16.6 Å². The van der Waals surface area contributed by atoms with Gasteiger partial charge in [-0.05, 0) is 68.4 Å². The van der Waals surface area contributed by atoms with E-state index in [1.165, 1.54) is 13.1 Å². The Morgan fingerprint density at radius 1 is 1.32 bits per heavy atom. The van der Waals surface area contributed by atoms with E-state index in [1.807, 2.05) is 29.3 Å². The molecular formula is C18H22N2O3S2. The number of sulfonamides is 1. The summed E-state index contributed by atoms with van der Waals surface area (Å²) in [7, 11) is -2.23. The third-order valence-electron chi connectivity index (χ3n) is 4.58. The maximum absolute atomic E-state index is 13.1. The number of hydrogen-bond donors (Lipinski definition) is 1. The first-order chi connectivity index (χ1) is 11.8. The molecule has 1 heterocycles. The highest BCUT2D eigenvalue weighted by Gasteiger charge is 2.34.